The zero-order valence-electron chi connectivity index (χ0n) is 17.5. The first-order chi connectivity index (χ1) is 15.1. The van der Waals surface area contributed by atoms with Gasteiger partial charge in [0.2, 0.25) is 0 Å². The van der Waals surface area contributed by atoms with E-state index < -0.39 is 35.5 Å². The number of benzene rings is 3. The van der Waals surface area contributed by atoms with Gasteiger partial charge in [-0.15, -0.1) is 0 Å². The number of rotatable bonds is 8. The second-order valence-corrected chi connectivity index (χ2v) is 7.80. The monoisotopic (exact) mass is 452 g/mol. The lowest BCUT2D eigenvalue weighted by Gasteiger charge is -2.23. The Kier molecular flexibility index (Phi) is 7.16. The Morgan fingerprint density at radius 1 is 0.844 bits per heavy atom. The highest BCUT2D eigenvalue weighted by Crippen LogP contribution is 2.39. The minimum absolute atomic E-state index is 0.0369. The molecule has 0 spiro atoms. The van der Waals surface area contributed by atoms with Gasteiger partial charge in [0, 0.05) is 11.5 Å². The van der Waals surface area contributed by atoms with Gasteiger partial charge in [-0.1, -0.05) is 36.4 Å². The van der Waals surface area contributed by atoms with Gasteiger partial charge in [-0.2, -0.15) is 8.78 Å². The minimum Gasteiger partial charge on any atom is -0.488 e. The molecule has 3 rings (SSSR count). The highest BCUT2D eigenvalue weighted by molar-refractivity contribution is 5.42. The van der Waals surface area contributed by atoms with Crippen LogP contribution in [0.3, 0.4) is 0 Å². The van der Waals surface area contributed by atoms with Crippen molar-refractivity contribution in [1.29, 1.82) is 0 Å². The number of halogens is 6. The van der Waals surface area contributed by atoms with Crippen molar-refractivity contribution in [1.82, 2.24) is 0 Å². The molecule has 3 aromatic rings. The second-order valence-electron chi connectivity index (χ2n) is 7.80. The van der Waals surface area contributed by atoms with E-state index in [0.717, 1.165) is 17.7 Å². The number of hydrogen-bond donors (Lipinski definition) is 0. The van der Waals surface area contributed by atoms with Crippen LogP contribution >= 0.6 is 0 Å². The summed E-state index contributed by atoms with van der Waals surface area (Å²) in [6.07, 6.45) is -4.06. The summed E-state index contributed by atoms with van der Waals surface area (Å²) in [5, 5.41) is 0. The lowest BCUT2D eigenvalue weighted by atomic mass is 9.84. The van der Waals surface area contributed by atoms with Crippen molar-refractivity contribution < 1.29 is 31.1 Å². The van der Waals surface area contributed by atoms with Crippen LogP contribution in [0.15, 0.2) is 66.7 Å². The van der Waals surface area contributed by atoms with Gasteiger partial charge in [-0.25, -0.2) is 17.6 Å². The maximum absolute atomic E-state index is 14.3. The van der Waals surface area contributed by atoms with E-state index in [1.54, 1.807) is 44.2 Å². The van der Waals surface area contributed by atoms with Crippen molar-refractivity contribution in [3.8, 4) is 5.75 Å². The van der Waals surface area contributed by atoms with Gasteiger partial charge in [0.25, 0.3) is 0 Å². The van der Waals surface area contributed by atoms with Gasteiger partial charge in [-0.3, -0.25) is 0 Å². The van der Waals surface area contributed by atoms with Gasteiger partial charge < -0.3 is 4.74 Å². The molecule has 0 bridgehead atoms. The topological polar surface area (TPSA) is 9.23 Å². The molecule has 7 heteroatoms. The SMILES string of the molecule is CC(C)Oc1cc([C@@H](Cc2ccccc2)c2cc(F)cc(C(F)(F)C(F)F)c2)ccc1F. The quantitative estimate of drug-likeness (QED) is 0.322. The molecule has 0 aliphatic rings. The van der Waals surface area contributed by atoms with E-state index in [9.17, 15) is 26.3 Å². The molecule has 1 nitrogen and oxygen atoms in total. The van der Waals surface area contributed by atoms with Crippen LogP contribution in [0, 0.1) is 11.6 Å². The Morgan fingerprint density at radius 3 is 2.16 bits per heavy atom. The maximum Gasteiger partial charge on any atom is 0.332 e. The normalized spacial score (nSPS) is 12.9. The highest BCUT2D eigenvalue weighted by atomic mass is 19.3. The molecule has 0 N–H and O–H groups in total. The van der Waals surface area contributed by atoms with E-state index in [1.807, 2.05) is 0 Å². The molecule has 0 unspecified atom stereocenters. The summed E-state index contributed by atoms with van der Waals surface area (Å²) in [5.41, 5.74) is 0.245. The molecule has 0 aliphatic carbocycles. The van der Waals surface area contributed by atoms with Gasteiger partial charge in [-0.05, 0) is 67.3 Å². The van der Waals surface area contributed by atoms with Crippen LogP contribution in [0.4, 0.5) is 26.3 Å². The third-order valence-corrected chi connectivity index (χ3v) is 4.98. The Hall–Kier alpha value is -2.96. The van der Waals surface area contributed by atoms with E-state index >= 15 is 0 Å². The van der Waals surface area contributed by atoms with Crippen LogP contribution in [0.1, 0.15) is 42.0 Å². The molecule has 0 fully saturated rings. The van der Waals surface area contributed by atoms with Crippen molar-refractivity contribution >= 4 is 0 Å². The molecule has 1 atom stereocenters. The second kappa shape index (κ2) is 9.67. The van der Waals surface area contributed by atoms with Crippen LogP contribution in [0.25, 0.3) is 0 Å². The predicted molar refractivity (Wildman–Crippen MR) is 110 cm³/mol. The van der Waals surface area contributed by atoms with E-state index in [2.05, 4.69) is 0 Å². The zero-order valence-corrected chi connectivity index (χ0v) is 17.5. The van der Waals surface area contributed by atoms with E-state index in [-0.39, 0.29) is 23.8 Å². The summed E-state index contributed by atoms with van der Waals surface area (Å²) in [5.74, 6) is -6.93. The Balaban J connectivity index is 2.14. The Morgan fingerprint density at radius 2 is 1.53 bits per heavy atom. The fraction of sp³-hybridized carbons (Fsp3) is 0.280. The smallest absolute Gasteiger partial charge is 0.332 e. The summed E-state index contributed by atoms with van der Waals surface area (Å²) in [4.78, 5) is 0. The van der Waals surface area contributed by atoms with Crippen molar-refractivity contribution in [2.75, 3.05) is 0 Å². The fourth-order valence-electron chi connectivity index (χ4n) is 3.49. The summed E-state index contributed by atoms with van der Waals surface area (Å²) in [6.45, 7) is 3.44. The summed E-state index contributed by atoms with van der Waals surface area (Å²) in [7, 11) is 0. The lowest BCUT2D eigenvalue weighted by Crippen LogP contribution is -2.24. The van der Waals surface area contributed by atoms with Gasteiger partial charge >= 0.3 is 12.3 Å². The number of ether oxygens (including phenoxy) is 1. The molecule has 0 radical (unpaired) electrons. The van der Waals surface area contributed by atoms with Gasteiger partial charge in [0.05, 0.1) is 6.10 Å². The van der Waals surface area contributed by atoms with Crippen LogP contribution in [-0.2, 0) is 12.3 Å². The molecule has 0 aliphatic heterocycles. The van der Waals surface area contributed by atoms with Crippen molar-refractivity contribution in [3.63, 3.8) is 0 Å². The minimum atomic E-state index is -4.51. The Bertz CT molecular complexity index is 1050. The summed E-state index contributed by atoms with van der Waals surface area (Å²) in [6, 6.07) is 15.4. The largest absolute Gasteiger partial charge is 0.488 e. The van der Waals surface area contributed by atoms with Gasteiger partial charge in [0.15, 0.2) is 11.6 Å². The van der Waals surface area contributed by atoms with E-state index in [1.165, 1.54) is 18.2 Å². The lowest BCUT2D eigenvalue weighted by molar-refractivity contribution is -0.135. The Labute approximate surface area is 182 Å². The molecular weight excluding hydrogens is 430 g/mol. The predicted octanol–water partition coefficient (Wildman–Crippen LogP) is 7.48. The number of hydrogen-bond acceptors (Lipinski definition) is 1. The van der Waals surface area contributed by atoms with Crippen LogP contribution in [-0.4, -0.2) is 12.5 Å². The first-order valence-electron chi connectivity index (χ1n) is 10.0. The van der Waals surface area contributed by atoms with Crippen LogP contribution in [0.2, 0.25) is 0 Å². The van der Waals surface area contributed by atoms with Crippen LogP contribution < -0.4 is 4.74 Å². The van der Waals surface area contributed by atoms with Crippen molar-refractivity contribution in [3.05, 3.63) is 101 Å². The highest BCUT2D eigenvalue weighted by Gasteiger charge is 2.43. The molecule has 0 aromatic heterocycles. The van der Waals surface area contributed by atoms with Crippen molar-refractivity contribution in [2.24, 2.45) is 0 Å². The first-order valence-corrected chi connectivity index (χ1v) is 10.0. The maximum atomic E-state index is 14.3. The van der Waals surface area contributed by atoms with Gasteiger partial charge in [0.1, 0.15) is 5.82 Å². The van der Waals surface area contributed by atoms with E-state index in [0.29, 0.717) is 11.6 Å². The summed E-state index contributed by atoms with van der Waals surface area (Å²) >= 11 is 0. The molecule has 0 saturated heterocycles. The third kappa shape index (κ3) is 5.44. The first kappa shape index (κ1) is 23.7. The zero-order chi connectivity index (χ0) is 23.5. The molecule has 0 amide bonds. The number of alkyl halides is 4. The third-order valence-electron chi connectivity index (χ3n) is 4.98. The molecule has 32 heavy (non-hydrogen) atoms. The standard InChI is InChI=1S/C25H22F6O/c1-15(2)32-23-13-17(8-9-22(23)27)21(10-16-6-4-3-5-7-16)18-11-19(14-20(26)12-18)25(30,31)24(28)29/h3-9,11-15,21,24H,10H2,1-2H3/t21-/m1/s1. The molecule has 170 valence electrons. The molecule has 0 heterocycles. The average Bonchev–Trinajstić information content (AvgIpc) is 2.73. The summed E-state index contributed by atoms with van der Waals surface area (Å²) < 4.78 is 87.9. The fourth-order valence-corrected chi connectivity index (χ4v) is 3.49. The van der Waals surface area contributed by atoms with Crippen LogP contribution in [0.5, 0.6) is 5.75 Å². The molecular formula is C25H22F6O. The van der Waals surface area contributed by atoms with Crippen molar-refractivity contribution in [2.45, 2.75) is 44.6 Å². The molecule has 3 aromatic carbocycles. The van der Waals surface area contributed by atoms with E-state index in [4.69, 9.17) is 4.74 Å². The molecule has 0 saturated carbocycles. The average molecular weight is 452 g/mol.